The van der Waals surface area contributed by atoms with Gasteiger partial charge in [-0.2, -0.15) is 0 Å². The zero-order valence-corrected chi connectivity index (χ0v) is 16.5. The maximum absolute atomic E-state index is 12.2. The van der Waals surface area contributed by atoms with Crippen LogP contribution < -0.4 is 10.1 Å². The number of hydrogen-bond donors (Lipinski definition) is 2. The SMILES string of the molecule is Cc1ccc(N=C2NC(=O)/C(=C\c3ccc(OC(C)C(=O)O)cc3)S2)c(C)c1. The lowest BCUT2D eigenvalue weighted by molar-refractivity contribution is -0.144. The number of carboxylic acids is 1. The van der Waals surface area contributed by atoms with Crippen LogP contribution in [0.2, 0.25) is 0 Å². The van der Waals surface area contributed by atoms with Gasteiger partial charge in [0, 0.05) is 0 Å². The van der Waals surface area contributed by atoms with Gasteiger partial charge in [0.2, 0.25) is 0 Å². The summed E-state index contributed by atoms with van der Waals surface area (Å²) < 4.78 is 5.30. The highest BCUT2D eigenvalue weighted by Crippen LogP contribution is 2.29. The molecule has 1 amide bonds. The molecule has 1 heterocycles. The second-order valence-corrected chi connectivity index (χ2v) is 7.47. The van der Waals surface area contributed by atoms with Crippen molar-refractivity contribution in [1.82, 2.24) is 5.32 Å². The molecule has 2 aromatic carbocycles. The van der Waals surface area contributed by atoms with Crippen LogP contribution in [0.15, 0.2) is 52.4 Å². The molecule has 2 aromatic rings. The van der Waals surface area contributed by atoms with Gasteiger partial charge in [0.1, 0.15) is 5.75 Å². The number of aryl methyl sites for hydroxylation is 2. The number of nitrogens with one attached hydrogen (secondary N) is 1. The number of amides is 1. The van der Waals surface area contributed by atoms with E-state index in [2.05, 4.69) is 10.3 Å². The maximum atomic E-state index is 12.2. The second-order valence-electron chi connectivity index (χ2n) is 6.44. The summed E-state index contributed by atoms with van der Waals surface area (Å²) in [5, 5.41) is 12.2. The molecule has 28 heavy (non-hydrogen) atoms. The van der Waals surface area contributed by atoms with Crippen molar-refractivity contribution in [2.24, 2.45) is 4.99 Å². The van der Waals surface area contributed by atoms with Crippen LogP contribution in [-0.4, -0.2) is 28.3 Å². The monoisotopic (exact) mass is 396 g/mol. The lowest BCUT2D eigenvalue weighted by Crippen LogP contribution is -2.22. The third-order valence-corrected chi connectivity index (χ3v) is 4.97. The maximum Gasteiger partial charge on any atom is 0.344 e. The summed E-state index contributed by atoms with van der Waals surface area (Å²) in [6.45, 7) is 5.48. The zero-order chi connectivity index (χ0) is 20.3. The Labute approximate surface area is 167 Å². The lowest BCUT2D eigenvalue weighted by atomic mass is 10.1. The van der Waals surface area contributed by atoms with Crippen molar-refractivity contribution in [1.29, 1.82) is 0 Å². The smallest absolute Gasteiger partial charge is 0.344 e. The molecule has 144 valence electrons. The molecule has 3 rings (SSSR count). The first kappa shape index (κ1) is 19.7. The Hall–Kier alpha value is -3.06. The van der Waals surface area contributed by atoms with E-state index in [4.69, 9.17) is 9.84 Å². The Morgan fingerprint density at radius 1 is 1.21 bits per heavy atom. The topological polar surface area (TPSA) is 88.0 Å². The number of ether oxygens (including phenoxy) is 1. The molecule has 0 aliphatic carbocycles. The molecule has 0 saturated carbocycles. The summed E-state index contributed by atoms with van der Waals surface area (Å²) >= 11 is 1.28. The zero-order valence-electron chi connectivity index (χ0n) is 15.7. The third kappa shape index (κ3) is 4.80. The van der Waals surface area contributed by atoms with E-state index in [-0.39, 0.29) is 5.91 Å². The van der Waals surface area contributed by atoms with Crippen LogP contribution in [0, 0.1) is 13.8 Å². The number of nitrogens with zero attached hydrogens (tertiary/aromatic N) is 1. The van der Waals surface area contributed by atoms with E-state index in [1.54, 1.807) is 30.3 Å². The molecule has 0 aromatic heterocycles. The van der Waals surface area contributed by atoms with Crippen molar-refractivity contribution in [3.05, 3.63) is 64.1 Å². The van der Waals surface area contributed by atoms with Gasteiger partial charge in [-0.3, -0.25) is 4.79 Å². The number of carbonyl (C=O) groups excluding carboxylic acids is 1. The number of carbonyl (C=O) groups is 2. The highest BCUT2D eigenvalue weighted by atomic mass is 32.2. The Balaban J connectivity index is 1.73. The fraction of sp³-hybridized carbons (Fsp3) is 0.190. The highest BCUT2D eigenvalue weighted by molar-refractivity contribution is 8.18. The molecule has 0 spiro atoms. The predicted molar refractivity (Wildman–Crippen MR) is 111 cm³/mol. The van der Waals surface area contributed by atoms with Crippen molar-refractivity contribution in [2.75, 3.05) is 0 Å². The molecule has 1 saturated heterocycles. The number of benzene rings is 2. The largest absolute Gasteiger partial charge is 0.479 e. The van der Waals surface area contributed by atoms with Crippen LogP contribution in [0.5, 0.6) is 5.75 Å². The summed E-state index contributed by atoms with van der Waals surface area (Å²) in [4.78, 5) is 28.2. The van der Waals surface area contributed by atoms with Crippen LogP contribution in [0.3, 0.4) is 0 Å². The Kier molecular flexibility index (Phi) is 5.84. The molecule has 2 N–H and O–H groups in total. The molecule has 6 nitrogen and oxygen atoms in total. The minimum absolute atomic E-state index is 0.201. The summed E-state index contributed by atoms with van der Waals surface area (Å²) in [7, 11) is 0. The number of thioether (sulfide) groups is 1. The first-order valence-corrected chi connectivity index (χ1v) is 9.50. The highest BCUT2D eigenvalue weighted by Gasteiger charge is 2.24. The van der Waals surface area contributed by atoms with E-state index in [9.17, 15) is 9.59 Å². The molecule has 1 fully saturated rings. The average Bonchev–Trinajstić information content (AvgIpc) is 2.98. The standard InChI is InChI=1S/C21H20N2O4S/c1-12-4-9-17(13(2)10-12)22-21-23-19(24)18(28-21)11-15-5-7-16(8-6-15)27-14(3)20(25)26/h4-11,14H,1-3H3,(H,25,26)(H,22,23,24)/b18-11+. The number of amidine groups is 1. The molecule has 1 aliphatic heterocycles. The first-order chi connectivity index (χ1) is 13.3. The molecular formula is C21H20N2O4S. The van der Waals surface area contributed by atoms with Crippen molar-refractivity contribution >= 4 is 40.6 Å². The fourth-order valence-corrected chi connectivity index (χ4v) is 3.40. The Bertz CT molecular complexity index is 980. The summed E-state index contributed by atoms with van der Waals surface area (Å²) in [5.74, 6) is -0.771. The molecule has 1 atom stereocenters. The Morgan fingerprint density at radius 2 is 1.93 bits per heavy atom. The van der Waals surface area contributed by atoms with Gasteiger partial charge < -0.3 is 15.2 Å². The lowest BCUT2D eigenvalue weighted by Gasteiger charge is -2.10. The van der Waals surface area contributed by atoms with Crippen molar-refractivity contribution in [3.63, 3.8) is 0 Å². The number of aliphatic imine (C=N–C) groups is 1. The minimum Gasteiger partial charge on any atom is -0.479 e. The van der Waals surface area contributed by atoms with E-state index in [1.165, 1.54) is 18.7 Å². The van der Waals surface area contributed by atoms with Gasteiger partial charge >= 0.3 is 5.97 Å². The minimum atomic E-state index is -1.03. The Morgan fingerprint density at radius 3 is 2.57 bits per heavy atom. The number of carboxylic acid groups (broad SMARTS) is 1. The van der Waals surface area contributed by atoms with E-state index >= 15 is 0 Å². The molecule has 7 heteroatoms. The quantitative estimate of drug-likeness (QED) is 0.745. The van der Waals surface area contributed by atoms with Gasteiger partial charge in [-0.1, -0.05) is 29.8 Å². The second kappa shape index (κ2) is 8.31. The summed E-state index contributed by atoms with van der Waals surface area (Å²) in [6, 6.07) is 12.9. The van der Waals surface area contributed by atoms with Crippen LogP contribution in [-0.2, 0) is 9.59 Å². The molecule has 0 radical (unpaired) electrons. The molecule has 1 unspecified atom stereocenters. The van der Waals surface area contributed by atoms with E-state index in [0.29, 0.717) is 15.8 Å². The van der Waals surface area contributed by atoms with Crippen LogP contribution >= 0.6 is 11.8 Å². The van der Waals surface area contributed by atoms with Crippen molar-refractivity contribution < 1.29 is 19.4 Å². The fourth-order valence-electron chi connectivity index (χ4n) is 2.57. The molecule has 1 aliphatic rings. The van der Waals surface area contributed by atoms with Gasteiger partial charge in [-0.05, 0) is 67.9 Å². The van der Waals surface area contributed by atoms with Gasteiger partial charge in [0.05, 0.1) is 10.6 Å². The normalized spacial score (nSPS) is 17.6. The van der Waals surface area contributed by atoms with Gasteiger partial charge in [0.15, 0.2) is 11.3 Å². The number of hydrogen-bond acceptors (Lipinski definition) is 5. The molecular weight excluding hydrogens is 376 g/mol. The molecule has 0 bridgehead atoms. The van der Waals surface area contributed by atoms with Crippen LogP contribution in [0.1, 0.15) is 23.6 Å². The summed E-state index contributed by atoms with van der Waals surface area (Å²) in [5.41, 5.74) is 3.84. The van der Waals surface area contributed by atoms with Crippen LogP contribution in [0.4, 0.5) is 5.69 Å². The van der Waals surface area contributed by atoms with Crippen molar-refractivity contribution in [3.8, 4) is 5.75 Å². The number of rotatable bonds is 5. The van der Waals surface area contributed by atoms with Crippen LogP contribution in [0.25, 0.3) is 6.08 Å². The average molecular weight is 396 g/mol. The van der Waals surface area contributed by atoms with E-state index in [1.807, 2.05) is 32.0 Å². The van der Waals surface area contributed by atoms with Gasteiger partial charge in [-0.25, -0.2) is 9.79 Å². The first-order valence-electron chi connectivity index (χ1n) is 8.68. The number of aliphatic carboxylic acids is 1. The summed E-state index contributed by atoms with van der Waals surface area (Å²) in [6.07, 6.45) is 0.832. The van der Waals surface area contributed by atoms with E-state index in [0.717, 1.165) is 22.4 Å². The van der Waals surface area contributed by atoms with E-state index < -0.39 is 12.1 Å². The van der Waals surface area contributed by atoms with Gasteiger partial charge in [-0.15, -0.1) is 0 Å². The predicted octanol–water partition coefficient (Wildman–Crippen LogP) is 4.05. The third-order valence-electron chi connectivity index (χ3n) is 4.06. The van der Waals surface area contributed by atoms with Gasteiger partial charge in [0.25, 0.3) is 5.91 Å². The van der Waals surface area contributed by atoms with Crippen molar-refractivity contribution in [2.45, 2.75) is 26.9 Å².